The van der Waals surface area contributed by atoms with Crippen molar-refractivity contribution in [2.75, 3.05) is 36.5 Å². The first kappa shape index (κ1) is 21.5. The van der Waals surface area contributed by atoms with Gasteiger partial charge in [0.05, 0.1) is 24.6 Å². The van der Waals surface area contributed by atoms with E-state index >= 15 is 0 Å². The van der Waals surface area contributed by atoms with Crippen LogP contribution in [-0.4, -0.2) is 38.1 Å². The molecule has 0 radical (unpaired) electrons. The minimum absolute atomic E-state index is 0.293. The molecule has 3 rings (SSSR count). The van der Waals surface area contributed by atoms with Gasteiger partial charge in [-0.3, -0.25) is 9.59 Å². The molecule has 1 aliphatic heterocycles. The molecule has 1 heterocycles. The summed E-state index contributed by atoms with van der Waals surface area (Å²) in [5.41, 5.74) is 7.72. The third-order valence-corrected chi connectivity index (χ3v) is 5.03. The molecule has 2 amide bonds. The van der Waals surface area contributed by atoms with Crippen LogP contribution in [0.3, 0.4) is 0 Å². The highest BCUT2D eigenvalue weighted by Gasteiger charge is 2.19. The first-order valence-corrected chi connectivity index (χ1v) is 10.4. The largest absolute Gasteiger partial charge is 0.490 e. The summed E-state index contributed by atoms with van der Waals surface area (Å²) in [6.07, 6.45) is 3.40. The molecule has 0 aromatic heterocycles. The lowest BCUT2D eigenvalue weighted by molar-refractivity contribution is 0.0996. The summed E-state index contributed by atoms with van der Waals surface area (Å²) in [5.74, 6) is 0.295. The zero-order valence-corrected chi connectivity index (χ0v) is 17.6. The Kier molecular flexibility index (Phi) is 7.17. The molecule has 1 aliphatic rings. The Morgan fingerprint density at radius 3 is 2.27 bits per heavy atom. The number of benzene rings is 2. The molecule has 0 aliphatic carbocycles. The van der Waals surface area contributed by atoms with E-state index in [4.69, 9.17) is 15.2 Å². The van der Waals surface area contributed by atoms with Crippen molar-refractivity contribution in [1.29, 1.82) is 0 Å². The van der Waals surface area contributed by atoms with Crippen molar-refractivity contribution in [3.63, 3.8) is 0 Å². The minimum atomic E-state index is -0.532. The fourth-order valence-corrected chi connectivity index (χ4v) is 3.59. The number of hydrogen-bond acceptors (Lipinski definition) is 5. The zero-order chi connectivity index (χ0) is 21.5. The van der Waals surface area contributed by atoms with Crippen LogP contribution >= 0.6 is 0 Å². The van der Waals surface area contributed by atoms with E-state index in [1.165, 1.54) is 6.42 Å². The fourth-order valence-electron chi connectivity index (χ4n) is 3.59. The molecule has 7 heteroatoms. The predicted octanol–water partition coefficient (Wildman–Crippen LogP) is 3.83. The van der Waals surface area contributed by atoms with Crippen LogP contribution in [0.15, 0.2) is 36.4 Å². The van der Waals surface area contributed by atoms with Gasteiger partial charge in [0.2, 0.25) is 5.91 Å². The van der Waals surface area contributed by atoms with Gasteiger partial charge in [-0.15, -0.1) is 0 Å². The number of anilines is 2. The molecule has 3 N–H and O–H groups in total. The number of nitrogens with one attached hydrogen (secondary N) is 1. The molecule has 0 unspecified atom stereocenters. The number of carbonyl (C=O) groups is 2. The summed E-state index contributed by atoms with van der Waals surface area (Å²) in [7, 11) is 0. The number of rotatable bonds is 8. The normalized spacial score (nSPS) is 13.6. The zero-order valence-electron chi connectivity index (χ0n) is 17.6. The van der Waals surface area contributed by atoms with Gasteiger partial charge in [-0.1, -0.05) is 0 Å². The Morgan fingerprint density at radius 2 is 1.60 bits per heavy atom. The Bertz CT molecular complexity index is 907. The van der Waals surface area contributed by atoms with Gasteiger partial charge >= 0.3 is 0 Å². The number of ether oxygens (including phenoxy) is 2. The van der Waals surface area contributed by atoms with E-state index in [1.807, 2.05) is 19.9 Å². The molecule has 1 saturated heterocycles. The highest BCUT2D eigenvalue weighted by atomic mass is 16.5. The molecule has 7 nitrogen and oxygen atoms in total. The van der Waals surface area contributed by atoms with Gasteiger partial charge in [-0.2, -0.15) is 0 Å². The Labute approximate surface area is 177 Å². The lowest BCUT2D eigenvalue weighted by atomic mass is 10.1. The van der Waals surface area contributed by atoms with E-state index in [0.29, 0.717) is 41.5 Å². The standard InChI is InChI=1S/C23H29N3O4/c1-3-29-20-11-9-17(15-21(20)30-4-2)23(28)25-18-14-16(22(24)27)8-10-19(18)26-12-6-5-7-13-26/h8-11,14-15H,3-7,12-13H2,1-2H3,(H2,24,27)(H,25,28). The Balaban J connectivity index is 1.90. The van der Waals surface area contributed by atoms with Crippen molar-refractivity contribution in [2.45, 2.75) is 33.1 Å². The van der Waals surface area contributed by atoms with E-state index in [-0.39, 0.29) is 5.91 Å². The predicted molar refractivity (Wildman–Crippen MR) is 118 cm³/mol. The van der Waals surface area contributed by atoms with Gasteiger partial charge in [0.1, 0.15) is 0 Å². The molecule has 2 aromatic rings. The average Bonchev–Trinajstić information content (AvgIpc) is 2.75. The maximum absolute atomic E-state index is 13.0. The molecule has 1 fully saturated rings. The minimum Gasteiger partial charge on any atom is -0.490 e. The molecule has 30 heavy (non-hydrogen) atoms. The Morgan fingerprint density at radius 1 is 0.933 bits per heavy atom. The third-order valence-electron chi connectivity index (χ3n) is 5.03. The summed E-state index contributed by atoms with van der Waals surface area (Å²) in [6, 6.07) is 10.3. The first-order valence-electron chi connectivity index (χ1n) is 10.4. The SMILES string of the molecule is CCOc1ccc(C(=O)Nc2cc(C(N)=O)ccc2N2CCCCC2)cc1OCC. The van der Waals surface area contributed by atoms with Gasteiger partial charge in [0.25, 0.3) is 5.91 Å². The molecule has 0 saturated carbocycles. The highest BCUT2D eigenvalue weighted by Crippen LogP contribution is 2.32. The van der Waals surface area contributed by atoms with Crippen LogP contribution in [0, 0.1) is 0 Å². The summed E-state index contributed by atoms with van der Waals surface area (Å²) >= 11 is 0. The van der Waals surface area contributed by atoms with E-state index in [2.05, 4.69) is 10.2 Å². The van der Waals surface area contributed by atoms with Crippen molar-refractivity contribution in [2.24, 2.45) is 5.73 Å². The van der Waals surface area contributed by atoms with Crippen molar-refractivity contribution >= 4 is 23.2 Å². The van der Waals surface area contributed by atoms with Crippen LogP contribution < -0.4 is 25.4 Å². The van der Waals surface area contributed by atoms with Gasteiger partial charge in [-0.25, -0.2) is 0 Å². The smallest absolute Gasteiger partial charge is 0.255 e. The first-order chi connectivity index (χ1) is 14.5. The topological polar surface area (TPSA) is 93.9 Å². The monoisotopic (exact) mass is 411 g/mol. The summed E-state index contributed by atoms with van der Waals surface area (Å²) in [6.45, 7) is 6.56. The molecule has 0 bridgehead atoms. The molecular formula is C23H29N3O4. The van der Waals surface area contributed by atoms with Crippen LogP contribution in [-0.2, 0) is 0 Å². The summed E-state index contributed by atoms with van der Waals surface area (Å²) in [5, 5.41) is 2.96. The number of carbonyl (C=O) groups excluding carboxylic acids is 2. The van der Waals surface area contributed by atoms with Crippen molar-refractivity contribution in [1.82, 2.24) is 0 Å². The second-order valence-electron chi connectivity index (χ2n) is 7.13. The van der Waals surface area contributed by atoms with E-state index in [1.54, 1.807) is 30.3 Å². The van der Waals surface area contributed by atoms with Gasteiger partial charge < -0.3 is 25.4 Å². The van der Waals surface area contributed by atoms with E-state index in [0.717, 1.165) is 31.6 Å². The molecular weight excluding hydrogens is 382 g/mol. The fraction of sp³-hybridized carbons (Fsp3) is 0.391. The lowest BCUT2D eigenvalue weighted by Gasteiger charge is -2.30. The number of primary amides is 1. The number of hydrogen-bond donors (Lipinski definition) is 2. The third kappa shape index (κ3) is 5.03. The van der Waals surface area contributed by atoms with Crippen molar-refractivity contribution in [3.05, 3.63) is 47.5 Å². The van der Waals surface area contributed by atoms with Gasteiger partial charge in [0.15, 0.2) is 11.5 Å². The van der Waals surface area contributed by atoms with Gasteiger partial charge in [0, 0.05) is 24.2 Å². The highest BCUT2D eigenvalue weighted by molar-refractivity contribution is 6.07. The van der Waals surface area contributed by atoms with Crippen LogP contribution in [0.4, 0.5) is 11.4 Å². The quantitative estimate of drug-likeness (QED) is 0.689. The van der Waals surface area contributed by atoms with Crippen LogP contribution in [0.1, 0.15) is 53.8 Å². The van der Waals surface area contributed by atoms with Crippen LogP contribution in [0.2, 0.25) is 0 Å². The molecule has 0 spiro atoms. The van der Waals surface area contributed by atoms with E-state index < -0.39 is 5.91 Å². The summed E-state index contributed by atoms with van der Waals surface area (Å²) < 4.78 is 11.2. The number of nitrogens with zero attached hydrogens (tertiary/aromatic N) is 1. The second-order valence-corrected chi connectivity index (χ2v) is 7.13. The molecule has 2 aromatic carbocycles. The maximum Gasteiger partial charge on any atom is 0.255 e. The Hall–Kier alpha value is -3.22. The summed E-state index contributed by atoms with van der Waals surface area (Å²) in [4.78, 5) is 26.9. The van der Waals surface area contributed by atoms with Crippen LogP contribution in [0.25, 0.3) is 0 Å². The number of amides is 2. The number of nitrogens with two attached hydrogens (primary N) is 1. The number of piperidine rings is 1. The van der Waals surface area contributed by atoms with Crippen LogP contribution in [0.5, 0.6) is 11.5 Å². The lowest BCUT2D eigenvalue weighted by Crippen LogP contribution is -2.30. The molecule has 0 atom stereocenters. The van der Waals surface area contributed by atoms with Crippen molar-refractivity contribution in [3.8, 4) is 11.5 Å². The van der Waals surface area contributed by atoms with E-state index in [9.17, 15) is 9.59 Å². The van der Waals surface area contributed by atoms with Gasteiger partial charge in [-0.05, 0) is 69.5 Å². The maximum atomic E-state index is 13.0. The second kappa shape index (κ2) is 10.0. The van der Waals surface area contributed by atoms with Crippen molar-refractivity contribution < 1.29 is 19.1 Å². The molecule has 160 valence electrons. The average molecular weight is 412 g/mol.